The Labute approximate surface area is 212 Å². The second-order valence-electron chi connectivity index (χ2n) is 9.63. The van der Waals surface area contributed by atoms with Crippen LogP contribution in [0.5, 0.6) is 0 Å². The molecule has 35 heavy (non-hydrogen) atoms. The van der Waals surface area contributed by atoms with E-state index in [2.05, 4.69) is 61.9 Å². The number of hydrogen-bond donors (Lipinski definition) is 3. The van der Waals surface area contributed by atoms with Gasteiger partial charge in [0.15, 0.2) is 0 Å². The third-order valence-electron chi connectivity index (χ3n) is 6.93. The fraction of sp³-hybridized carbons (Fsp3) is 0.233. The molecule has 5 heteroatoms. The molecule has 4 rings (SSSR count). The summed E-state index contributed by atoms with van der Waals surface area (Å²) >= 11 is 6.49. The number of aliphatic hydroxyl groups is 1. The summed E-state index contributed by atoms with van der Waals surface area (Å²) in [5.41, 5.74) is 7.75. The summed E-state index contributed by atoms with van der Waals surface area (Å²) in [6, 6.07) is 19.7. The third kappa shape index (κ3) is 4.84. The van der Waals surface area contributed by atoms with Crippen LogP contribution in [0, 0.1) is 38.0 Å². The van der Waals surface area contributed by atoms with Gasteiger partial charge in [-0.05, 0) is 80.3 Å². The quantitative estimate of drug-likeness (QED) is 0.329. The summed E-state index contributed by atoms with van der Waals surface area (Å²) in [5.74, 6) is -0.132. The Morgan fingerprint density at radius 1 is 1.00 bits per heavy atom. The third-order valence-corrected chi connectivity index (χ3v) is 7.26. The fourth-order valence-corrected chi connectivity index (χ4v) is 4.96. The molecular formula is C30H30ClN3O. The molecule has 0 aromatic heterocycles. The number of aryl methyl sites for hydroxylation is 3. The predicted molar refractivity (Wildman–Crippen MR) is 146 cm³/mol. The molecule has 1 fully saturated rings. The van der Waals surface area contributed by atoms with Crippen molar-refractivity contribution in [2.24, 2.45) is 5.92 Å². The fourth-order valence-electron chi connectivity index (χ4n) is 4.73. The minimum Gasteiger partial charge on any atom is -0.389 e. The first-order valence-electron chi connectivity index (χ1n) is 11.5. The maximum absolute atomic E-state index is 11.1. The van der Waals surface area contributed by atoms with Gasteiger partial charge in [-0.2, -0.15) is 5.26 Å². The highest BCUT2D eigenvalue weighted by Crippen LogP contribution is 2.60. The van der Waals surface area contributed by atoms with Crippen LogP contribution in [0.25, 0.3) is 5.70 Å². The molecule has 0 saturated heterocycles. The molecule has 0 aliphatic heterocycles. The lowest BCUT2D eigenvalue weighted by molar-refractivity contribution is 0.153. The molecule has 3 aromatic rings. The van der Waals surface area contributed by atoms with Crippen LogP contribution in [0.3, 0.4) is 0 Å². The molecule has 3 atom stereocenters. The number of nitrogens with one attached hydrogen (secondary N) is 2. The van der Waals surface area contributed by atoms with E-state index in [1.165, 1.54) is 11.1 Å². The van der Waals surface area contributed by atoms with Crippen molar-refractivity contribution < 1.29 is 5.11 Å². The van der Waals surface area contributed by atoms with Gasteiger partial charge in [0.1, 0.15) is 6.07 Å². The second-order valence-corrected chi connectivity index (χ2v) is 10.0. The van der Waals surface area contributed by atoms with Gasteiger partial charge in [0.25, 0.3) is 0 Å². The molecule has 0 heterocycles. The van der Waals surface area contributed by atoms with Crippen LogP contribution in [0.4, 0.5) is 11.4 Å². The van der Waals surface area contributed by atoms with Gasteiger partial charge in [-0.25, -0.2) is 0 Å². The summed E-state index contributed by atoms with van der Waals surface area (Å²) in [5, 5.41) is 27.7. The van der Waals surface area contributed by atoms with E-state index in [4.69, 9.17) is 11.6 Å². The summed E-state index contributed by atoms with van der Waals surface area (Å²) in [7, 11) is 0. The zero-order valence-corrected chi connectivity index (χ0v) is 21.3. The summed E-state index contributed by atoms with van der Waals surface area (Å²) < 4.78 is 0. The van der Waals surface area contributed by atoms with Crippen LogP contribution in [-0.2, 0) is 0 Å². The van der Waals surface area contributed by atoms with Crippen molar-refractivity contribution in [3.05, 3.63) is 112 Å². The van der Waals surface area contributed by atoms with Crippen LogP contribution in [0.1, 0.15) is 46.2 Å². The first-order valence-corrected chi connectivity index (χ1v) is 11.9. The van der Waals surface area contributed by atoms with Crippen molar-refractivity contribution in [3.8, 4) is 6.07 Å². The van der Waals surface area contributed by atoms with Crippen molar-refractivity contribution >= 4 is 28.7 Å². The Hall–Kier alpha value is -3.52. The Balaban J connectivity index is 1.52. The average molecular weight is 484 g/mol. The Morgan fingerprint density at radius 3 is 2.43 bits per heavy atom. The van der Waals surface area contributed by atoms with Gasteiger partial charge in [-0.3, -0.25) is 0 Å². The number of nitriles is 1. The summed E-state index contributed by atoms with van der Waals surface area (Å²) in [6.45, 7) is 16.4. The van der Waals surface area contributed by atoms with Crippen molar-refractivity contribution in [3.63, 3.8) is 0 Å². The lowest BCUT2D eigenvalue weighted by atomic mass is 10.0. The highest BCUT2D eigenvalue weighted by Gasteiger charge is 2.62. The van der Waals surface area contributed by atoms with E-state index in [-0.39, 0.29) is 11.8 Å². The van der Waals surface area contributed by atoms with Crippen LogP contribution >= 0.6 is 11.6 Å². The number of nitrogens with zero attached hydrogens (tertiary/aromatic N) is 1. The minimum absolute atomic E-state index is 0.0175. The van der Waals surface area contributed by atoms with Crippen LogP contribution in [0.15, 0.2) is 73.5 Å². The van der Waals surface area contributed by atoms with E-state index in [1.807, 2.05) is 44.2 Å². The molecule has 0 amide bonds. The van der Waals surface area contributed by atoms with E-state index in [1.54, 1.807) is 6.07 Å². The molecular weight excluding hydrogens is 454 g/mol. The number of benzene rings is 3. The van der Waals surface area contributed by atoms with Gasteiger partial charge in [-0.1, -0.05) is 49.0 Å². The van der Waals surface area contributed by atoms with Gasteiger partial charge >= 0.3 is 0 Å². The maximum atomic E-state index is 11.1. The van der Waals surface area contributed by atoms with Crippen LogP contribution in [-0.4, -0.2) is 10.7 Å². The average Bonchev–Trinajstić information content (AvgIpc) is 3.39. The van der Waals surface area contributed by atoms with Crippen molar-refractivity contribution in [1.29, 1.82) is 5.26 Å². The van der Waals surface area contributed by atoms with Gasteiger partial charge in [0, 0.05) is 34.5 Å². The molecule has 3 unspecified atom stereocenters. The van der Waals surface area contributed by atoms with Gasteiger partial charge < -0.3 is 15.7 Å². The molecule has 1 aliphatic carbocycles. The van der Waals surface area contributed by atoms with E-state index >= 15 is 0 Å². The number of rotatable bonds is 7. The van der Waals surface area contributed by atoms with E-state index in [0.717, 1.165) is 22.5 Å². The highest BCUT2D eigenvalue weighted by molar-refractivity contribution is 6.32. The zero-order chi connectivity index (χ0) is 25.5. The zero-order valence-electron chi connectivity index (χ0n) is 20.5. The molecule has 1 saturated carbocycles. The Morgan fingerprint density at radius 2 is 1.74 bits per heavy atom. The molecule has 178 valence electrons. The lowest BCUT2D eigenvalue weighted by Gasteiger charge is -2.16. The predicted octanol–water partition coefficient (Wildman–Crippen LogP) is 7.31. The van der Waals surface area contributed by atoms with Gasteiger partial charge in [-0.15, -0.1) is 0 Å². The minimum atomic E-state index is -0.870. The van der Waals surface area contributed by atoms with Gasteiger partial charge in [0.05, 0.1) is 21.9 Å². The van der Waals surface area contributed by atoms with Crippen molar-refractivity contribution in [2.45, 2.75) is 39.2 Å². The monoisotopic (exact) mass is 483 g/mol. The maximum Gasteiger partial charge on any atom is 0.101 e. The second kappa shape index (κ2) is 9.26. The lowest BCUT2D eigenvalue weighted by Crippen LogP contribution is -2.10. The molecule has 4 nitrogen and oxygen atoms in total. The summed E-state index contributed by atoms with van der Waals surface area (Å²) in [6.07, 6.45) is 0. The van der Waals surface area contributed by atoms with Crippen molar-refractivity contribution in [2.75, 3.05) is 10.6 Å². The largest absolute Gasteiger partial charge is 0.389 e. The first kappa shape index (κ1) is 24.6. The van der Waals surface area contributed by atoms with E-state index in [9.17, 15) is 10.4 Å². The Bertz CT molecular complexity index is 1380. The SMILES string of the molecule is C=C(Nc1ccc(C)cc1C#N)c1cc(NC(=C)C2C(c3ccc(C)c(C)c3)C2(C)O)ccc1Cl. The Kier molecular flexibility index (Phi) is 6.51. The van der Waals surface area contributed by atoms with Gasteiger partial charge in [0.2, 0.25) is 0 Å². The topological polar surface area (TPSA) is 68.1 Å². The summed E-state index contributed by atoms with van der Waals surface area (Å²) in [4.78, 5) is 0. The number of hydrogen-bond acceptors (Lipinski definition) is 4. The molecule has 3 N–H and O–H groups in total. The smallest absolute Gasteiger partial charge is 0.101 e. The molecule has 0 spiro atoms. The molecule has 0 bridgehead atoms. The first-order chi connectivity index (χ1) is 16.5. The van der Waals surface area contributed by atoms with E-state index in [0.29, 0.717) is 27.5 Å². The van der Waals surface area contributed by atoms with E-state index < -0.39 is 5.60 Å². The molecule has 3 aromatic carbocycles. The highest BCUT2D eigenvalue weighted by atomic mass is 35.5. The molecule has 0 radical (unpaired) electrons. The van der Waals surface area contributed by atoms with Crippen LogP contribution < -0.4 is 10.6 Å². The number of anilines is 2. The standard InChI is InChI=1S/C30H30ClN3O/c1-17-7-12-27(23(13-17)16-32)34-20(4)25-15-24(10-11-26(25)31)33-21(5)28-29(30(28,6)35)22-9-8-18(2)19(3)14-22/h7-15,28-29,33-35H,4-5H2,1-3,6H3. The van der Waals surface area contributed by atoms with Crippen molar-refractivity contribution in [1.82, 2.24) is 0 Å². The molecule has 1 aliphatic rings. The normalized spacial score (nSPS) is 20.6. The number of halogens is 1. The van der Waals surface area contributed by atoms with Crippen LogP contribution in [0.2, 0.25) is 5.02 Å².